The third-order valence-corrected chi connectivity index (χ3v) is 11.4. The molecule has 0 radical (unpaired) electrons. The first kappa shape index (κ1) is 38.2. The molecule has 10 nitrogen and oxygen atoms in total. The predicted molar refractivity (Wildman–Crippen MR) is 206 cm³/mol. The minimum absolute atomic E-state index is 0.0170. The average Bonchev–Trinajstić information content (AvgIpc) is 3.74. The van der Waals surface area contributed by atoms with Crippen LogP contribution in [0.15, 0.2) is 53.3 Å². The number of fused-ring (bicyclic) bond motifs is 4. The van der Waals surface area contributed by atoms with Crippen molar-refractivity contribution in [2.75, 3.05) is 45.4 Å². The maximum absolute atomic E-state index is 13.9. The Kier molecular flexibility index (Phi) is 10.9. The quantitative estimate of drug-likeness (QED) is 0.181. The highest BCUT2D eigenvalue weighted by Gasteiger charge is 2.41. The SMILES string of the molecule is CCC(C)N1c2cc(OCCC(C)(C)CCC(C)(C)COc3cc4c(cc3OC)C(=O)N3CC(F)=CC3C=N4)c(OC)cc2C(=O)N2CC=CC2C1C. The Balaban J connectivity index is 1.09. The van der Waals surface area contributed by atoms with Crippen LogP contribution < -0.4 is 23.8 Å². The van der Waals surface area contributed by atoms with Crippen LogP contribution in [0.2, 0.25) is 0 Å². The van der Waals surface area contributed by atoms with Crippen molar-refractivity contribution in [2.45, 2.75) is 98.3 Å². The first-order chi connectivity index (χ1) is 25.2. The highest BCUT2D eigenvalue weighted by molar-refractivity contribution is 6.04. The van der Waals surface area contributed by atoms with Crippen LogP contribution in [0, 0.1) is 10.8 Å². The summed E-state index contributed by atoms with van der Waals surface area (Å²) in [5.74, 6) is 1.53. The van der Waals surface area contributed by atoms with Crippen molar-refractivity contribution < 1.29 is 32.9 Å². The van der Waals surface area contributed by atoms with E-state index in [0.29, 0.717) is 59.6 Å². The van der Waals surface area contributed by atoms with Crippen LogP contribution in [-0.4, -0.2) is 92.5 Å². The number of carbonyl (C=O) groups is 2. The van der Waals surface area contributed by atoms with E-state index >= 15 is 0 Å². The highest BCUT2D eigenvalue weighted by Crippen LogP contribution is 2.43. The summed E-state index contributed by atoms with van der Waals surface area (Å²) in [5.41, 5.74) is 2.18. The number of nitrogens with zero attached hydrogens (tertiary/aromatic N) is 4. The highest BCUT2D eigenvalue weighted by atomic mass is 19.1. The van der Waals surface area contributed by atoms with Crippen molar-refractivity contribution in [3.05, 3.63) is 59.4 Å². The number of hydrogen-bond donors (Lipinski definition) is 0. The van der Waals surface area contributed by atoms with Gasteiger partial charge < -0.3 is 33.6 Å². The van der Waals surface area contributed by atoms with Gasteiger partial charge in [-0.15, -0.1) is 0 Å². The fourth-order valence-corrected chi connectivity index (χ4v) is 7.68. The minimum Gasteiger partial charge on any atom is -0.493 e. The molecule has 0 bridgehead atoms. The minimum atomic E-state index is -0.506. The number of halogens is 1. The summed E-state index contributed by atoms with van der Waals surface area (Å²) in [5, 5.41) is 0. The van der Waals surface area contributed by atoms with Gasteiger partial charge in [-0.25, -0.2) is 4.39 Å². The Morgan fingerprint density at radius 2 is 1.55 bits per heavy atom. The van der Waals surface area contributed by atoms with Gasteiger partial charge in [-0.3, -0.25) is 14.6 Å². The summed E-state index contributed by atoms with van der Waals surface area (Å²) in [6.45, 7) is 16.9. The molecule has 6 rings (SSSR count). The Morgan fingerprint density at radius 1 is 0.887 bits per heavy atom. The number of ether oxygens (including phenoxy) is 4. The van der Waals surface area contributed by atoms with Gasteiger partial charge in [-0.1, -0.05) is 46.8 Å². The van der Waals surface area contributed by atoms with Gasteiger partial charge >= 0.3 is 0 Å². The zero-order chi connectivity index (χ0) is 38.2. The summed E-state index contributed by atoms with van der Waals surface area (Å²) in [6, 6.07) is 7.09. The molecular weight excluding hydrogens is 675 g/mol. The van der Waals surface area contributed by atoms with Gasteiger partial charge in [0.2, 0.25) is 0 Å². The Labute approximate surface area is 313 Å². The third kappa shape index (κ3) is 7.76. The predicted octanol–water partition coefficient (Wildman–Crippen LogP) is 8.17. The van der Waals surface area contributed by atoms with Crippen molar-refractivity contribution >= 4 is 29.4 Å². The van der Waals surface area contributed by atoms with E-state index in [1.807, 2.05) is 17.0 Å². The van der Waals surface area contributed by atoms with Crippen LogP contribution in [0.25, 0.3) is 0 Å². The zero-order valence-electron chi connectivity index (χ0n) is 32.7. The summed E-state index contributed by atoms with van der Waals surface area (Å²) in [7, 11) is 3.16. The number of amides is 2. The number of benzene rings is 2. The lowest BCUT2D eigenvalue weighted by Gasteiger charge is -2.39. The molecule has 0 aromatic heterocycles. The van der Waals surface area contributed by atoms with Crippen molar-refractivity contribution in [3.8, 4) is 23.0 Å². The van der Waals surface area contributed by atoms with E-state index in [-0.39, 0.29) is 53.1 Å². The van der Waals surface area contributed by atoms with Crippen LogP contribution in [0.1, 0.15) is 94.9 Å². The Morgan fingerprint density at radius 3 is 2.25 bits per heavy atom. The second-order valence-corrected chi connectivity index (χ2v) is 16.4. The molecule has 0 aliphatic carbocycles. The zero-order valence-corrected chi connectivity index (χ0v) is 32.7. The molecule has 4 heterocycles. The van der Waals surface area contributed by atoms with Crippen LogP contribution in [0.5, 0.6) is 23.0 Å². The second-order valence-electron chi connectivity index (χ2n) is 16.4. The molecule has 53 heavy (non-hydrogen) atoms. The third-order valence-electron chi connectivity index (χ3n) is 11.4. The summed E-state index contributed by atoms with van der Waals surface area (Å²) >= 11 is 0. The van der Waals surface area contributed by atoms with Crippen molar-refractivity contribution in [1.29, 1.82) is 0 Å². The van der Waals surface area contributed by atoms with Crippen LogP contribution >= 0.6 is 0 Å². The van der Waals surface area contributed by atoms with Crippen LogP contribution in [0.3, 0.4) is 0 Å². The van der Waals surface area contributed by atoms with Gasteiger partial charge in [0.05, 0.1) is 74.6 Å². The lowest BCUT2D eigenvalue weighted by molar-refractivity contribution is 0.0743. The number of hydrogen-bond acceptors (Lipinski definition) is 8. The van der Waals surface area contributed by atoms with Crippen molar-refractivity contribution in [1.82, 2.24) is 9.80 Å². The monoisotopic (exact) mass is 730 g/mol. The van der Waals surface area contributed by atoms with Gasteiger partial charge in [0.15, 0.2) is 23.0 Å². The summed E-state index contributed by atoms with van der Waals surface area (Å²) in [6.07, 6.45) is 10.8. The van der Waals surface area contributed by atoms with E-state index in [1.54, 1.807) is 25.5 Å². The van der Waals surface area contributed by atoms with Crippen LogP contribution in [0.4, 0.5) is 15.8 Å². The maximum atomic E-state index is 13.9. The molecule has 2 aromatic rings. The second kappa shape index (κ2) is 15.1. The van der Waals surface area contributed by atoms with Crippen molar-refractivity contribution in [3.63, 3.8) is 0 Å². The molecule has 0 saturated heterocycles. The summed E-state index contributed by atoms with van der Waals surface area (Å²) < 4.78 is 38.1. The lowest BCUT2D eigenvalue weighted by Crippen LogP contribution is -2.49. The standard InChI is InChI=1S/C42H55FN4O6/c1-10-26(2)47-27(3)33-12-11-16-45(33)40(49)31-20-36(51-9)38(22-34(31)47)52-17-15-41(4,5)13-14-42(6,7)25-53-37-21-32-30(19-35(37)50-8)39(48)46-24-28(43)18-29(46)23-44-32/h11-12,18-23,26-27,29,33H,10,13-17,24-25H2,1-9H3. The van der Waals surface area contributed by atoms with E-state index in [2.05, 4.69) is 70.5 Å². The molecule has 4 aliphatic rings. The first-order valence-electron chi connectivity index (χ1n) is 18.8. The molecule has 0 N–H and O–H groups in total. The number of methoxy groups -OCH3 is 2. The van der Waals surface area contributed by atoms with Crippen LogP contribution in [-0.2, 0) is 0 Å². The van der Waals surface area contributed by atoms with E-state index in [9.17, 15) is 14.0 Å². The van der Waals surface area contributed by atoms with Gasteiger partial charge in [0.25, 0.3) is 11.8 Å². The molecular formula is C42H55FN4O6. The maximum Gasteiger partial charge on any atom is 0.257 e. The topological polar surface area (TPSA) is 93.1 Å². The molecule has 4 aliphatic heterocycles. The Hall–Kier alpha value is -4.54. The van der Waals surface area contributed by atoms with Gasteiger partial charge in [0.1, 0.15) is 5.83 Å². The molecule has 0 saturated carbocycles. The number of anilines is 1. The van der Waals surface area contributed by atoms with Gasteiger partial charge in [-0.2, -0.15) is 0 Å². The van der Waals surface area contributed by atoms with E-state index in [1.165, 1.54) is 18.1 Å². The van der Waals surface area contributed by atoms with Gasteiger partial charge in [0, 0.05) is 30.9 Å². The normalized spacial score (nSPS) is 21.4. The molecule has 2 aromatic carbocycles. The first-order valence-corrected chi connectivity index (χ1v) is 18.8. The molecule has 4 unspecified atom stereocenters. The molecule has 11 heteroatoms. The largest absolute Gasteiger partial charge is 0.493 e. The lowest BCUT2D eigenvalue weighted by atomic mass is 9.78. The van der Waals surface area contributed by atoms with E-state index < -0.39 is 6.04 Å². The Bertz CT molecular complexity index is 1820. The molecule has 4 atom stereocenters. The fraction of sp³-hybridized carbons (Fsp3) is 0.548. The van der Waals surface area contributed by atoms with E-state index in [0.717, 1.165) is 31.4 Å². The van der Waals surface area contributed by atoms with Gasteiger partial charge in [-0.05, 0) is 68.6 Å². The molecule has 286 valence electrons. The number of aliphatic imine (C=N–C) groups is 1. The summed E-state index contributed by atoms with van der Waals surface area (Å²) in [4.78, 5) is 37.3. The molecule has 0 spiro atoms. The van der Waals surface area contributed by atoms with Crippen molar-refractivity contribution in [2.24, 2.45) is 15.8 Å². The average molecular weight is 731 g/mol. The molecule has 0 fully saturated rings. The van der Waals surface area contributed by atoms with E-state index in [4.69, 9.17) is 18.9 Å². The smallest absolute Gasteiger partial charge is 0.257 e. The number of rotatable bonds is 14. The molecule has 2 amide bonds. The number of carbonyl (C=O) groups excluding carboxylic acids is 2. The fourth-order valence-electron chi connectivity index (χ4n) is 7.68.